The van der Waals surface area contributed by atoms with Gasteiger partial charge in [0.25, 0.3) is 0 Å². The third-order valence-electron chi connectivity index (χ3n) is 3.45. The van der Waals surface area contributed by atoms with E-state index in [-0.39, 0.29) is 5.54 Å². The van der Waals surface area contributed by atoms with E-state index in [1.165, 1.54) is 24.2 Å². The van der Waals surface area contributed by atoms with Gasteiger partial charge in [0.1, 0.15) is 6.10 Å². The van der Waals surface area contributed by atoms with E-state index in [9.17, 15) is 5.11 Å². The topological polar surface area (TPSA) is 23.5 Å². The van der Waals surface area contributed by atoms with Gasteiger partial charge in [-0.2, -0.15) is 0 Å². The average Bonchev–Trinajstić information content (AvgIpc) is 2.86. The van der Waals surface area contributed by atoms with Crippen LogP contribution >= 0.6 is 22.9 Å². The van der Waals surface area contributed by atoms with Crippen LogP contribution in [0.1, 0.15) is 37.7 Å². The number of likely N-dealkylation sites (tertiary alicyclic amines) is 1. The number of halogens is 1. The van der Waals surface area contributed by atoms with E-state index in [1.54, 1.807) is 0 Å². The Balaban J connectivity index is 2.15. The summed E-state index contributed by atoms with van der Waals surface area (Å²) in [6.07, 6.45) is 2.02. The third kappa shape index (κ3) is 2.28. The highest BCUT2D eigenvalue weighted by Crippen LogP contribution is 2.37. The molecular formula is C12H18ClNOS. The Hall–Kier alpha value is -0.0900. The lowest BCUT2D eigenvalue weighted by molar-refractivity contribution is 0.00347. The quantitative estimate of drug-likeness (QED) is 0.900. The molecule has 2 rings (SSSR count). The summed E-state index contributed by atoms with van der Waals surface area (Å²) >= 11 is 7.38. The number of rotatable bonds is 3. The van der Waals surface area contributed by atoms with Crippen molar-refractivity contribution in [1.29, 1.82) is 0 Å². The molecule has 2 nitrogen and oxygen atoms in total. The van der Waals surface area contributed by atoms with Crippen molar-refractivity contribution in [1.82, 2.24) is 4.90 Å². The van der Waals surface area contributed by atoms with Gasteiger partial charge in [-0.1, -0.05) is 11.6 Å². The zero-order chi connectivity index (χ0) is 11.8. The van der Waals surface area contributed by atoms with Crippen molar-refractivity contribution < 1.29 is 5.11 Å². The van der Waals surface area contributed by atoms with Crippen molar-refractivity contribution in [2.45, 2.75) is 38.3 Å². The lowest BCUT2D eigenvalue weighted by Gasteiger charge is -2.39. The molecule has 0 saturated carbocycles. The first kappa shape index (κ1) is 12.4. The Kier molecular flexibility index (Phi) is 3.59. The van der Waals surface area contributed by atoms with E-state index in [4.69, 9.17) is 11.6 Å². The van der Waals surface area contributed by atoms with Crippen LogP contribution in [0.25, 0.3) is 0 Å². The van der Waals surface area contributed by atoms with Crippen LogP contribution in [0.2, 0.25) is 4.34 Å². The van der Waals surface area contributed by atoms with E-state index >= 15 is 0 Å². The molecule has 0 aromatic carbocycles. The van der Waals surface area contributed by atoms with Crippen LogP contribution < -0.4 is 0 Å². The van der Waals surface area contributed by atoms with Crippen LogP contribution in [0, 0.1) is 0 Å². The zero-order valence-corrected chi connectivity index (χ0v) is 11.3. The summed E-state index contributed by atoms with van der Waals surface area (Å²) in [6, 6.07) is 3.78. The predicted octanol–water partition coefficient (Wildman–Crippen LogP) is 3.31. The summed E-state index contributed by atoms with van der Waals surface area (Å²) < 4.78 is 0.742. The van der Waals surface area contributed by atoms with Gasteiger partial charge in [-0.05, 0) is 51.9 Å². The second-order valence-electron chi connectivity index (χ2n) is 4.89. The monoisotopic (exact) mass is 259 g/mol. The van der Waals surface area contributed by atoms with Crippen molar-refractivity contribution in [2.24, 2.45) is 0 Å². The Labute approximate surface area is 106 Å². The van der Waals surface area contributed by atoms with Crippen molar-refractivity contribution >= 4 is 22.9 Å². The molecule has 1 atom stereocenters. The molecule has 1 aliphatic heterocycles. The van der Waals surface area contributed by atoms with Gasteiger partial charge in [-0.25, -0.2) is 0 Å². The molecule has 0 amide bonds. The lowest BCUT2D eigenvalue weighted by atomic mass is 9.94. The predicted molar refractivity (Wildman–Crippen MR) is 69.2 cm³/mol. The lowest BCUT2D eigenvalue weighted by Crippen LogP contribution is -2.46. The van der Waals surface area contributed by atoms with Crippen molar-refractivity contribution in [2.75, 3.05) is 13.1 Å². The molecular weight excluding hydrogens is 242 g/mol. The van der Waals surface area contributed by atoms with Crippen molar-refractivity contribution in [3.05, 3.63) is 21.3 Å². The van der Waals surface area contributed by atoms with Gasteiger partial charge in [0, 0.05) is 10.4 Å². The van der Waals surface area contributed by atoms with Crippen LogP contribution in [0.3, 0.4) is 0 Å². The number of hydrogen-bond acceptors (Lipinski definition) is 3. The zero-order valence-electron chi connectivity index (χ0n) is 9.74. The molecule has 0 spiro atoms. The Morgan fingerprint density at radius 2 is 2.00 bits per heavy atom. The fourth-order valence-corrected chi connectivity index (χ4v) is 3.52. The molecule has 0 aliphatic carbocycles. The van der Waals surface area contributed by atoms with E-state index in [0.717, 1.165) is 22.3 Å². The summed E-state index contributed by atoms with van der Waals surface area (Å²) in [7, 11) is 0. The molecule has 1 saturated heterocycles. The maximum absolute atomic E-state index is 10.4. The molecule has 0 bridgehead atoms. The minimum Gasteiger partial charge on any atom is -0.386 e. The van der Waals surface area contributed by atoms with Gasteiger partial charge in [-0.3, -0.25) is 4.90 Å². The highest BCUT2D eigenvalue weighted by molar-refractivity contribution is 7.16. The van der Waals surface area contributed by atoms with Gasteiger partial charge in [-0.15, -0.1) is 11.3 Å². The molecule has 16 heavy (non-hydrogen) atoms. The smallest absolute Gasteiger partial charge is 0.106 e. The fraction of sp³-hybridized carbons (Fsp3) is 0.667. The number of aliphatic hydroxyl groups is 1. The first-order valence-electron chi connectivity index (χ1n) is 5.70. The van der Waals surface area contributed by atoms with Gasteiger partial charge >= 0.3 is 0 Å². The minimum absolute atomic E-state index is 0.204. The molecule has 4 heteroatoms. The Morgan fingerprint density at radius 3 is 2.50 bits per heavy atom. The number of aliphatic hydroxyl groups excluding tert-OH is 1. The molecule has 1 fully saturated rings. The van der Waals surface area contributed by atoms with Gasteiger partial charge in [0.05, 0.1) is 4.34 Å². The standard InChI is InChI=1S/C12H18ClNOS/c1-12(2,14-7-3-4-8-14)11(15)9-5-6-10(13)16-9/h5-6,11,15H,3-4,7-8H2,1-2H3. The molecule has 1 unspecified atom stereocenters. The minimum atomic E-state index is -0.455. The third-order valence-corrected chi connectivity index (χ3v) is 4.74. The largest absolute Gasteiger partial charge is 0.386 e. The van der Waals surface area contributed by atoms with Gasteiger partial charge < -0.3 is 5.11 Å². The van der Waals surface area contributed by atoms with E-state index < -0.39 is 6.10 Å². The SMILES string of the molecule is CC(C)(C(O)c1ccc(Cl)s1)N1CCCC1. The molecule has 90 valence electrons. The van der Waals surface area contributed by atoms with Crippen LogP contribution in [-0.2, 0) is 0 Å². The average molecular weight is 260 g/mol. The Morgan fingerprint density at radius 1 is 1.38 bits per heavy atom. The highest BCUT2D eigenvalue weighted by Gasteiger charge is 2.37. The second kappa shape index (κ2) is 4.65. The normalized spacial score (nSPS) is 20.2. The van der Waals surface area contributed by atoms with E-state index in [0.29, 0.717) is 0 Å². The summed E-state index contributed by atoms with van der Waals surface area (Å²) in [5, 5.41) is 10.4. The first-order valence-corrected chi connectivity index (χ1v) is 6.89. The van der Waals surface area contributed by atoms with Gasteiger partial charge in [0.15, 0.2) is 0 Å². The molecule has 1 N–H and O–H groups in total. The van der Waals surface area contributed by atoms with Crippen LogP contribution in [0.4, 0.5) is 0 Å². The van der Waals surface area contributed by atoms with E-state index in [2.05, 4.69) is 18.7 Å². The molecule has 2 heterocycles. The summed E-state index contributed by atoms with van der Waals surface area (Å²) in [4.78, 5) is 3.33. The van der Waals surface area contributed by atoms with Gasteiger partial charge in [0.2, 0.25) is 0 Å². The fourth-order valence-electron chi connectivity index (χ4n) is 2.29. The summed E-state index contributed by atoms with van der Waals surface area (Å²) in [5.41, 5.74) is -0.204. The maximum Gasteiger partial charge on any atom is 0.106 e. The van der Waals surface area contributed by atoms with Crippen LogP contribution in [-0.4, -0.2) is 28.6 Å². The van der Waals surface area contributed by atoms with Crippen LogP contribution in [0.5, 0.6) is 0 Å². The first-order chi connectivity index (χ1) is 7.51. The number of thiophene rings is 1. The molecule has 0 radical (unpaired) electrons. The van der Waals surface area contributed by atoms with Crippen LogP contribution in [0.15, 0.2) is 12.1 Å². The number of hydrogen-bond donors (Lipinski definition) is 1. The Bertz CT molecular complexity index is 358. The van der Waals surface area contributed by atoms with Crippen molar-refractivity contribution in [3.8, 4) is 0 Å². The van der Waals surface area contributed by atoms with E-state index in [1.807, 2.05) is 12.1 Å². The van der Waals surface area contributed by atoms with Crippen molar-refractivity contribution in [3.63, 3.8) is 0 Å². The summed E-state index contributed by atoms with van der Waals surface area (Å²) in [5.74, 6) is 0. The highest BCUT2D eigenvalue weighted by atomic mass is 35.5. The molecule has 1 aliphatic rings. The molecule has 1 aromatic heterocycles. The molecule has 1 aromatic rings. The summed E-state index contributed by atoms with van der Waals surface area (Å²) in [6.45, 7) is 6.39. The second-order valence-corrected chi connectivity index (χ2v) is 6.64. The maximum atomic E-state index is 10.4. The number of nitrogens with zero attached hydrogens (tertiary/aromatic N) is 1.